The SMILES string of the molecule is O=C(CSc1ccc(F)cc1)N1CC(Oc2ccc(C(F)(F)F)cn2)C1. The highest BCUT2D eigenvalue weighted by Gasteiger charge is 2.33. The summed E-state index contributed by atoms with van der Waals surface area (Å²) in [6.07, 6.45) is -4.01. The Kier molecular flexibility index (Phi) is 5.36. The van der Waals surface area contributed by atoms with Crippen molar-refractivity contribution in [1.29, 1.82) is 0 Å². The maximum absolute atomic E-state index is 12.8. The lowest BCUT2D eigenvalue weighted by molar-refractivity contribution is -0.138. The van der Waals surface area contributed by atoms with Gasteiger partial charge in [0.25, 0.3) is 0 Å². The van der Waals surface area contributed by atoms with E-state index in [2.05, 4.69) is 4.98 Å². The molecule has 0 atom stereocenters. The van der Waals surface area contributed by atoms with Gasteiger partial charge in [0.2, 0.25) is 11.8 Å². The van der Waals surface area contributed by atoms with Gasteiger partial charge >= 0.3 is 6.18 Å². The number of alkyl halides is 3. The molecule has 0 radical (unpaired) electrons. The van der Waals surface area contributed by atoms with Gasteiger partial charge in [0.05, 0.1) is 24.4 Å². The van der Waals surface area contributed by atoms with Crippen LogP contribution in [0.5, 0.6) is 5.88 Å². The minimum Gasteiger partial charge on any atom is -0.471 e. The Morgan fingerprint density at radius 2 is 1.88 bits per heavy atom. The number of hydrogen-bond acceptors (Lipinski definition) is 4. The van der Waals surface area contributed by atoms with Crippen LogP contribution in [0.2, 0.25) is 0 Å². The highest BCUT2D eigenvalue weighted by atomic mass is 32.2. The summed E-state index contributed by atoms with van der Waals surface area (Å²) in [6.45, 7) is 0.705. The normalized spacial score (nSPS) is 14.8. The second kappa shape index (κ2) is 7.53. The lowest BCUT2D eigenvalue weighted by atomic mass is 10.1. The number of halogens is 4. The average molecular weight is 386 g/mol. The maximum Gasteiger partial charge on any atom is 0.417 e. The quantitative estimate of drug-likeness (QED) is 0.582. The minimum absolute atomic E-state index is 0.0837. The maximum atomic E-state index is 12.8. The molecule has 0 spiro atoms. The van der Waals surface area contributed by atoms with Crippen LogP contribution in [0.1, 0.15) is 5.56 Å². The molecule has 26 heavy (non-hydrogen) atoms. The van der Waals surface area contributed by atoms with Crippen molar-refractivity contribution < 1.29 is 27.1 Å². The van der Waals surface area contributed by atoms with Crippen molar-refractivity contribution in [3.05, 3.63) is 54.0 Å². The molecule has 1 aromatic heterocycles. The molecular formula is C17H14F4N2O2S. The van der Waals surface area contributed by atoms with Crippen molar-refractivity contribution in [2.24, 2.45) is 0 Å². The molecule has 0 unspecified atom stereocenters. The molecule has 3 rings (SSSR count). The molecule has 1 aromatic carbocycles. The number of amides is 1. The van der Waals surface area contributed by atoms with Crippen molar-refractivity contribution in [3.8, 4) is 5.88 Å². The molecule has 0 N–H and O–H groups in total. The molecule has 1 amide bonds. The fourth-order valence-corrected chi connectivity index (χ4v) is 3.07. The van der Waals surface area contributed by atoms with Gasteiger partial charge in [-0.25, -0.2) is 9.37 Å². The molecule has 0 aliphatic carbocycles. The Bertz CT molecular complexity index is 760. The number of benzene rings is 1. The summed E-state index contributed by atoms with van der Waals surface area (Å²) in [5, 5.41) is 0. The highest BCUT2D eigenvalue weighted by molar-refractivity contribution is 8.00. The van der Waals surface area contributed by atoms with E-state index < -0.39 is 11.7 Å². The van der Waals surface area contributed by atoms with Crippen LogP contribution in [0.3, 0.4) is 0 Å². The predicted molar refractivity (Wildman–Crippen MR) is 87.4 cm³/mol. The van der Waals surface area contributed by atoms with Gasteiger partial charge in [-0.3, -0.25) is 4.79 Å². The number of rotatable bonds is 5. The van der Waals surface area contributed by atoms with Crippen LogP contribution in [0.4, 0.5) is 17.6 Å². The molecule has 0 saturated carbocycles. The lowest BCUT2D eigenvalue weighted by Crippen LogP contribution is -2.56. The van der Waals surface area contributed by atoms with Crippen LogP contribution < -0.4 is 4.74 Å². The number of aromatic nitrogens is 1. The summed E-state index contributed by atoms with van der Waals surface area (Å²) in [7, 11) is 0. The zero-order chi connectivity index (χ0) is 18.7. The first-order valence-corrected chi connectivity index (χ1v) is 8.66. The summed E-state index contributed by atoms with van der Waals surface area (Å²) in [5.74, 6) is -0.104. The molecule has 0 bridgehead atoms. The Labute approximate surface area is 151 Å². The second-order valence-electron chi connectivity index (χ2n) is 5.66. The second-order valence-corrected chi connectivity index (χ2v) is 6.71. The first kappa shape index (κ1) is 18.5. The van der Waals surface area contributed by atoms with Crippen LogP contribution >= 0.6 is 11.8 Å². The van der Waals surface area contributed by atoms with Crippen molar-refractivity contribution in [2.45, 2.75) is 17.2 Å². The molecule has 1 aliphatic heterocycles. The lowest BCUT2D eigenvalue weighted by Gasteiger charge is -2.38. The van der Waals surface area contributed by atoms with E-state index >= 15 is 0 Å². The fourth-order valence-electron chi connectivity index (χ4n) is 2.27. The first-order chi connectivity index (χ1) is 12.3. The Morgan fingerprint density at radius 1 is 1.19 bits per heavy atom. The van der Waals surface area contributed by atoms with Crippen LogP contribution in [0.15, 0.2) is 47.5 Å². The molecule has 4 nitrogen and oxygen atoms in total. The molecule has 1 fully saturated rings. The van der Waals surface area contributed by atoms with Gasteiger partial charge in [-0.1, -0.05) is 0 Å². The van der Waals surface area contributed by atoms with E-state index in [1.807, 2.05) is 0 Å². The summed E-state index contributed by atoms with van der Waals surface area (Å²) >= 11 is 1.31. The third-order valence-corrected chi connectivity index (χ3v) is 4.72. The number of hydrogen-bond donors (Lipinski definition) is 0. The summed E-state index contributed by atoms with van der Waals surface area (Å²) in [6, 6.07) is 7.94. The average Bonchev–Trinajstić information content (AvgIpc) is 2.56. The van der Waals surface area contributed by atoms with Gasteiger partial charge in [0.15, 0.2) is 0 Å². The van der Waals surface area contributed by atoms with E-state index in [9.17, 15) is 22.4 Å². The number of carbonyl (C=O) groups is 1. The largest absolute Gasteiger partial charge is 0.471 e. The Morgan fingerprint density at radius 3 is 2.46 bits per heavy atom. The number of nitrogens with zero attached hydrogens (tertiary/aromatic N) is 2. The topological polar surface area (TPSA) is 42.4 Å². The van der Waals surface area contributed by atoms with Gasteiger partial charge < -0.3 is 9.64 Å². The van der Waals surface area contributed by atoms with Gasteiger partial charge in [-0.15, -0.1) is 11.8 Å². The number of likely N-dealkylation sites (tertiary alicyclic amines) is 1. The highest BCUT2D eigenvalue weighted by Crippen LogP contribution is 2.29. The minimum atomic E-state index is -4.44. The third-order valence-electron chi connectivity index (χ3n) is 3.73. The van der Waals surface area contributed by atoms with Crippen LogP contribution in [-0.4, -0.2) is 40.7 Å². The van der Waals surface area contributed by atoms with Crippen LogP contribution in [-0.2, 0) is 11.0 Å². The van der Waals surface area contributed by atoms with Gasteiger partial charge in [0.1, 0.15) is 11.9 Å². The summed E-state index contributed by atoms with van der Waals surface area (Å²) < 4.78 is 55.7. The van der Waals surface area contributed by atoms with Crippen LogP contribution in [0, 0.1) is 5.82 Å². The first-order valence-electron chi connectivity index (χ1n) is 7.67. The molecular weight excluding hydrogens is 372 g/mol. The summed E-state index contributed by atoms with van der Waals surface area (Å²) in [5.41, 5.74) is -0.840. The van der Waals surface area contributed by atoms with E-state index in [1.165, 1.54) is 23.9 Å². The van der Waals surface area contributed by atoms with E-state index in [0.717, 1.165) is 23.2 Å². The molecule has 2 aromatic rings. The van der Waals surface area contributed by atoms with Crippen molar-refractivity contribution in [1.82, 2.24) is 9.88 Å². The zero-order valence-corrected chi connectivity index (χ0v) is 14.2. The molecule has 138 valence electrons. The van der Waals surface area contributed by atoms with Gasteiger partial charge in [0, 0.05) is 17.2 Å². The van der Waals surface area contributed by atoms with Gasteiger partial charge in [-0.05, 0) is 30.3 Å². The van der Waals surface area contributed by atoms with E-state index in [4.69, 9.17) is 4.74 Å². The smallest absolute Gasteiger partial charge is 0.417 e. The van der Waals surface area contributed by atoms with E-state index in [1.54, 1.807) is 17.0 Å². The third kappa shape index (κ3) is 4.66. The van der Waals surface area contributed by atoms with Gasteiger partial charge in [-0.2, -0.15) is 13.2 Å². The zero-order valence-electron chi connectivity index (χ0n) is 13.4. The van der Waals surface area contributed by atoms with Crippen molar-refractivity contribution >= 4 is 17.7 Å². The Hall–Kier alpha value is -2.29. The number of carbonyl (C=O) groups excluding carboxylic acids is 1. The molecule has 9 heteroatoms. The molecule has 2 heterocycles. The number of ether oxygens (including phenoxy) is 1. The molecule has 1 aliphatic rings. The van der Waals surface area contributed by atoms with E-state index in [0.29, 0.717) is 13.1 Å². The number of thioether (sulfide) groups is 1. The monoisotopic (exact) mass is 386 g/mol. The fraction of sp³-hybridized carbons (Fsp3) is 0.294. The molecule has 1 saturated heterocycles. The van der Waals surface area contributed by atoms with E-state index in [-0.39, 0.29) is 29.5 Å². The van der Waals surface area contributed by atoms with Crippen molar-refractivity contribution in [2.75, 3.05) is 18.8 Å². The van der Waals surface area contributed by atoms with Crippen molar-refractivity contribution in [3.63, 3.8) is 0 Å². The predicted octanol–water partition coefficient (Wildman–Crippen LogP) is 3.62. The van der Waals surface area contributed by atoms with Crippen LogP contribution in [0.25, 0.3) is 0 Å². The number of pyridine rings is 1. The summed E-state index contributed by atoms with van der Waals surface area (Å²) in [4.78, 5) is 18.1. The Balaban J connectivity index is 1.42. The standard InChI is InChI=1S/C17H14F4N2O2S/c18-12-2-4-14(5-3-12)26-10-16(24)23-8-13(9-23)25-15-6-1-11(7-22-15)17(19,20)21/h1-7,13H,8-10H2.